The molecule has 7 heteroatoms. The van der Waals surface area contributed by atoms with Gasteiger partial charge in [-0.2, -0.15) is 0 Å². The molecule has 0 saturated carbocycles. The highest BCUT2D eigenvalue weighted by Crippen LogP contribution is 2.29. The minimum atomic E-state index is -1.21. The normalized spacial score (nSPS) is 22.6. The number of hydrogen-bond donors (Lipinski definition) is 2. The van der Waals surface area contributed by atoms with Crippen molar-refractivity contribution in [1.82, 2.24) is 0 Å². The monoisotopic (exact) mass is 280 g/mol. The third kappa shape index (κ3) is 2.72. The van der Waals surface area contributed by atoms with Crippen molar-refractivity contribution in [2.24, 2.45) is 5.92 Å². The number of anilines is 1. The van der Waals surface area contributed by atoms with Crippen molar-refractivity contribution < 1.29 is 19.9 Å². The van der Waals surface area contributed by atoms with Crippen molar-refractivity contribution in [1.29, 1.82) is 0 Å². The molecule has 20 heavy (non-hydrogen) atoms. The first-order chi connectivity index (χ1) is 9.40. The van der Waals surface area contributed by atoms with Crippen LogP contribution in [0.1, 0.15) is 23.7 Å². The molecule has 1 aromatic carbocycles. The van der Waals surface area contributed by atoms with Gasteiger partial charge in [0.05, 0.1) is 22.3 Å². The summed E-state index contributed by atoms with van der Waals surface area (Å²) in [5.41, 5.74) is 0.0482. The summed E-state index contributed by atoms with van der Waals surface area (Å²) in [7, 11) is 0. The predicted octanol–water partition coefficient (Wildman–Crippen LogP) is 1.50. The molecule has 1 heterocycles. The number of benzene rings is 1. The summed E-state index contributed by atoms with van der Waals surface area (Å²) >= 11 is 0. The number of aliphatic hydroxyl groups is 1. The van der Waals surface area contributed by atoms with E-state index in [1.54, 1.807) is 4.90 Å². The minimum Gasteiger partial charge on any atom is -0.478 e. The first kappa shape index (κ1) is 14.3. The third-order valence-corrected chi connectivity index (χ3v) is 3.68. The van der Waals surface area contributed by atoms with Crippen LogP contribution in [0, 0.1) is 16.0 Å². The van der Waals surface area contributed by atoms with Gasteiger partial charge in [-0.3, -0.25) is 10.1 Å². The number of carboxylic acids is 1. The quantitative estimate of drug-likeness (QED) is 0.642. The molecule has 2 atom stereocenters. The number of nitrogens with zero attached hydrogens (tertiary/aromatic N) is 2. The number of piperidine rings is 1. The number of nitro benzene ring substituents is 1. The molecule has 0 radical (unpaired) electrons. The highest BCUT2D eigenvalue weighted by Gasteiger charge is 2.27. The fourth-order valence-corrected chi connectivity index (χ4v) is 2.35. The lowest BCUT2D eigenvalue weighted by atomic mass is 9.95. The summed E-state index contributed by atoms with van der Waals surface area (Å²) < 4.78 is 0. The number of β-amino-alcohol motifs (C(OH)–C–C–N with tert-alkyl or cyclic N) is 1. The summed E-state index contributed by atoms with van der Waals surface area (Å²) in [6, 6.07) is 3.78. The maximum atomic E-state index is 11.3. The van der Waals surface area contributed by atoms with E-state index in [1.807, 2.05) is 6.92 Å². The molecule has 0 aromatic heterocycles. The van der Waals surface area contributed by atoms with Gasteiger partial charge in [0, 0.05) is 25.2 Å². The molecule has 2 N–H and O–H groups in total. The van der Waals surface area contributed by atoms with Crippen LogP contribution in [0.2, 0.25) is 0 Å². The zero-order valence-electron chi connectivity index (χ0n) is 11.0. The van der Waals surface area contributed by atoms with Crippen molar-refractivity contribution in [2.45, 2.75) is 19.4 Å². The van der Waals surface area contributed by atoms with Crippen LogP contribution in [0.25, 0.3) is 0 Å². The predicted molar refractivity (Wildman–Crippen MR) is 72.1 cm³/mol. The van der Waals surface area contributed by atoms with Gasteiger partial charge in [-0.25, -0.2) is 4.79 Å². The van der Waals surface area contributed by atoms with E-state index < -0.39 is 17.0 Å². The highest BCUT2D eigenvalue weighted by atomic mass is 16.6. The molecule has 1 fully saturated rings. The lowest BCUT2D eigenvalue weighted by molar-refractivity contribution is -0.384. The molecule has 0 bridgehead atoms. The smallest absolute Gasteiger partial charge is 0.338 e. The fourth-order valence-electron chi connectivity index (χ4n) is 2.35. The average molecular weight is 280 g/mol. The zero-order valence-corrected chi connectivity index (χ0v) is 11.0. The number of non-ortho nitro benzene ring substituents is 1. The summed E-state index contributed by atoms with van der Waals surface area (Å²) in [4.78, 5) is 23.1. The molecule has 0 amide bonds. The molecule has 1 aromatic rings. The van der Waals surface area contributed by atoms with E-state index in [9.17, 15) is 25.1 Å². The van der Waals surface area contributed by atoms with Crippen LogP contribution in [0.3, 0.4) is 0 Å². The number of aliphatic hydroxyl groups excluding tert-OH is 1. The number of nitro groups is 1. The summed E-state index contributed by atoms with van der Waals surface area (Å²) in [5, 5.41) is 29.8. The SMILES string of the molecule is CC1CCN(c2ccc([N+](=O)[O-])cc2C(=O)O)CC1O. The largest absolute Gasteiger partial charge is 0.478 e. The first-order valence-electron chi connectivity index (χ1n) is 6.35. The Hall–Kier alpha value is -2.15. The van der Waals surface area contributed by atoms with Crippen molar-refractivity contribution in [2.75, 3.05) is 18.0 Å². The van der Waals surface area contributed by atoms with Crippen LogP contribution in [0.4, 0.5) is 11.4 Å². The van der Waals surface area contributed by atoms with E-state index in [0.29, 0.717) is 18.8 Å². The van der Waals surface area contributed by atoms with Crippen LogP contribution in [-0.4, -0.2) is 40.3 Å². The molecule has 7 nitrogen and oxygen atoms in total. The Kier molecular flexibility index (Phi) is 3.89. The van der Waals surface area contributed by atoms with E-state index in [0.717, 1.165) is 12.5 Å². The molecule has 2 rings (SSSR count). The molecular weight excluding hydrogens is 264 g/mol. The molecule has 1 aliphatic heterocycles. The molecular formula is C13H16N2O5. The van der Waals surface area contributed by atoms with E-state index >= 15 is 0 Å². The second-order valence-corrected chi connectivity index (χ2v) is 5.04. The first-order valence-corrected chi connectivity index (χ1v) is 6.35. The van der Waals surface area contributed by atoms with Crippen molar-refractivity contribution in [3.8, 4) is 0 Å². The van der Waals surface area contributed by atoms with Gasteiger partial charge in [0.2, 0.25) is 0 Å². The van der Waals surface area contributed by atoms with Crippen molar-refractivity contribution in [3.05, 3.63) is 33.9 Å². The number of rotatable bonds is 3. The van der Waals surface area contributed by atoms with E-state index in [-0.39, 0.29) is 17.2 Å². The summed E-state index contributed by atoms with van der Waals surface area (Å²) in [5.74, 6) is -1.05. The molecule has 108 valence electrons. The molecule has 2 unspecified atom stereocenters. The number of aromatic carboxylic acids is 1. The van der Waals surface area contributed by atoms with Gasteiger partial charge in [0.15, 0.2) is 0 Å². The van der Waals surface area contributed by atoms with Crippen LogP contribution in [0.5, 0.6) is 0 Å². The fraction of sp³-hybridized carbons (Fsp3) is 0.462. The minimum absolute atomic E-state index is 0.110. The second kappa shape index (κ2) is 5.46. The number of hydrogen-bond acceptors (Lipinski definition) is 5. The van der Waals surface area contributed by atoms with Crippen LogP contribution < -0.4 is 4.90 Å². The third-order valence-electron chi connectivity index (χ3n) is 3.68. The Morgan fingerprint density at radius 3 is 2.75 bits per heavy atom. The maximum absolute atomic E-state index is 11.3. The standard InChI is InChI=1S/C13H16N2O5/c1-8-4-5-14(7-12(8)16)11-3-2-9(15(19)20)6-10(11)13(17)18/h2-3,6,8,12,16H,4-5,7H2,1H3,(H,17,18). The van der Waals surface area contributed by atoms with Gasteiger partial charge in [0.25, 0.3) is 5.69 Å². The van der Waals surface area contributed by atoms with E-state index in [2.05, 4.69) is 0 Å². The van der Waals surface area contributed by atoms with Gasteiger partial charge in [-0.05, 0) is 18.4 Å². The lowest BCUT2D eigenvalue weighted by Crippen LogP contribution is -2.43. The average Bonchev–Trinajstić information content (AvgIpc) is 2.41. The van der Waals surface area contributed by atoms with Crippen LogP contribution in [0.15, 0.2) is 18.2 Å². The molecule has 0 aliphatic carbocycles. The van der Waals surface area contributed by atoms with Crippen molar-refractivity contribution in [3.63, 3.8) is 0 Å². The number of carbonyl (C=O) groups is 1. The maximum Gasteiger partial charge on any atom is 0.338 e. The van der Waals surface area contributed by atoms with Crippen LogP contribution >= 0.6 is 0 Å². The van der Waals surface area contributed by atoms with Gasteiger partial charge < -0.3 is 15.1 Å². The summed E-state index contributed by atoms with van der Waals surface area (Å²) in [6.45, 7) is 2.89. The van der Waals surface area contributed by atoms with E-state index in [1.165, 1.54) is 12.1 Å². The number of carboxylic acid groups (broad SMARTS) is 1. The second-order valence-electron chi connectivity index (χ2n) is 5.04. The Morgan fingerprint density at radius 1 is 1.50 bits per heavy atom. The van der Waals surface area contributed by atoms with Gasteiger partial charge in [0.1, 0.15) is 0 Å². The Morgan fingerprint density at radius 2 is 2.20 bits per heavy atom. The van der Waals surface area contributed by atoms with Gasteiger partial charge >= 0.3 is 5.97 Å². The molecule has 0 spiro atoms. The summed E-state index contributed by atoms with van der Waals surface area (Å²) in [6.07, 6.45) is 0.220. The molecule has 1 saturated heterocycles. The van der Waals surface area contributed by atoms with E-state index in [4.69, 9.17) is 0 Å². The topological polar surface area (TPSA) is 104 Å². The Labute approximate surface area is 115 Å². The van der Waals surface area contributed by atoms with Gasteiger partial charge in [-0.15, -0.1) is 0 Å². The lowest BCUT2D eigenvalue weighted by Gasteiger charge is -2.36. The van der Waals surface area contributed by atoms with Crippen molar-refractivity contribution >= 4 is 17.3 Å². The highest BCUT2D eigenvalue weighted by molar-refractivity contribution is 5.95. The Bertz CT molecular complexity index is 546. The van der Waals surface area contributed by atoms with Gasteiger partial charge in [-0.1, -0.05) is 6.92 Å². The Balaban J connectivity index is 2.36. The van der Waals surface area contributed by atoms with Crippen LogP contribution in [-0.2, 0) is 0 Å². The zero-order chi connectivity index (χ0) is 14.9. The molecule has 1 aliphatic rings.